The van der Waals surface area contributed by atoms with Crippen LogP contribution in [0.5, 0.6) is 0 Å². The molecule has 2 aromatic heterocycles. The molecular weight excluding hydrogens is 252 g/mol. The molecule has 5 nitrogen and oxygen atoms in total. The predicted octanol–water partition coefficient (Wildman–Crippen LogP) is 2.30. The van der Waals surface area contributed by atoms with Crippen LogP contribution in [0.15, 0.2) is 16.7 Å². The van der Waals surface area contributed by atoms with Gasteiger partial charge in [0.25, 0.3) is 0 Å². The standard InChI is InChI=1S/C15H22N4O/c1-3-14-17-15(4-2)19(18-14)10-13-11(7-8-20-13)9-16-12-5-6-12/h7-8,12,16H,3-6,9-10H2,1-2H3. The van der Waals surface area contributed by atoms with Crippen LogP contribution in [0.4, 0.5) is 0 Å². The Labute approximate surface area is 119 Å². The zero-order valence-electron chi connectivity index (χ0n) is 12.2. The minimum absolute atomic E-state index is 0.671. The average Bonchev–Trinajstić information content (AvgIpc) is 3.05. The first-order valence-electron chi connectivity index (χ1n) is 7.51. The lowest BCUT2D eigenvalue weighted by atomic mass is 10.2. The summed E-state index contributed by atoms with van der Waals surface area (Å²) in [5.74, 6) is 2.92. The van der Waals surface area contributed by atoms with Gasteiger partial charge < -0.3 is 9.73 Å². The molecule has 3 rings (SSSR count). The number of nitrogens with one attached hydrogen (secondary N) is 1. The Balaban J connectivity index is 1.73. The minimum Gasteiger partial charge on any atom is -0.467 e. The first-order chi connectivity index (χ1) is 9.80. The smallest absolute Gasteiger partial charge is 0.150 e. The largest absolute Gasteiger partial charge is 0.467 e. The van der Waals surface area contributed by atoms with Crippen molar-refractivity contribution in [3.63, 3.8) is 0 Å². The van der Waals surface area contributed by atoms with E-state index in [1.54, 1.807) is 6.26 Å². The summed E-state index contributed by atoms with van der Waals surface area (Å²) in [7, 11) is 0. The average molecular weight is 274 g/mol. The first-order valence-corrected chi connectivity index (χ1v) is 7.51. The monoisotopic (exact) mass is 274 g/mol. The second-order valence-electron chi connectivity index (χ2n) is 5.33. The molecule has 1 saturated carbocycles. The van der Waals surface area contributed by atoms with E-state index in [9.17, 15) is 0 Å². The van der Waals surface area contributed by atoms with Crippen LogP contribution in [-0.4, -0.2) is 20.8 Å². The van der Waals surface area contributed by atoms with Crippen molar-refractivity contribution in [3.05, 3.63) is 35.3 Å². The van der Waals surface area contributed by atoms with E-state index in [0.29, 0.717) is 12.6 Å². The number of hydrogen-bond acceptors (Lipinski definition) is 4. The molecule has 0 saturated heterocycles. The molecule has 0 unspecified atom stereocenters. The van der Waals surface area contributed by atoms with Crippen molar-refractivity contribution >= 4 is 0 Å². The molecule has 108 valence electrons. The van der Waals surface area contributed by atoms with Crippen molar-refractivity contribution < 1.29 is 4.42 Å². The topological polar surface area (TPSA) is 55.9 Å². The molecular formula is C15H22N4O. The van der Waals surface area contributed by atoms with Crippen LogP contribution in [0.1, 0.15) is 49.7 Å². The highest BCUT2D eigenvalue weighted by Gasteiger charge is 2.21. The van der Waals surface area contributed by atoms with Crippen LogP contribution in [0.2, 0.25) is 0 Å². The number of nitrogens with zero attached hydrogens (tertiary/aromatic N) is 3. The van der Waals surface area contributed by atoms with E-state index in [4.69, 9.17) is 4.42 Å². The van der Waals surface area contributed by atoms with Gasteiger partial charge in [-0.2, -0.15) is 5.10 Å². The maximum absolute atomic E-state index is 5.64. The molecule has 1 N–H and O–H groups in total. The third kappa shape index (κ3) is 2.93. The summed E-state index contributed by atoms with van der Waals surface area (Å²) in [6, 6.07) is 2.76. The lowest BCUT2D eigenvalue weighted by molar-refractivity contribution is 0.465. The molecule has 2 aromatic rings. The molecule has 0 amide bonds. The van der Waals surface area contributed by atoms with Crippen molar-refractivity contribution in [2.75, 3.05) is 0 Å². The summed E-state index contributed by atoms with van der Waals surface area (Å²) in [5, 5.41) is 8.07. The van der Waals surface area contributed by atoms with Gasteiger partial charge in [-0.1, -0.05) is 13.8 Å². The van der Waals surface area contributed by atoms with E-state index in [1.165, 1.54) is 18.4 Å². The van der Waals surface area contributed by atoms with E-state index in [-0.39, 0.29) is 0 Å². The summed E-state index contributed by atoms with van der Waals surface area (Å²) in [5.41, 5.74) is 1.23. The number of rotatable bonds is 7. The Morgan fingerprint density at radius 2 is 2.20 bits per heavy atom. The summed E-state index contributed by atoms with van der Waals surface area (Å²) < 4.78 is 7.61. The molecule has 1 fully saturated rings. The molecule has 0 bridgehead atoms. The van der Waals surface area contributed by atoms with E-state index < -0.39 is 0 Å². The van der Waals surface area contributed by atoms with E-state index in [1.807, 2.05) is 10.7 Å². The number of furan rings is 1. The maximum atomic E-state index is 5.64. The quantitative estimate of drug-likeness (QED) is 0.841. The third-order valence-corrected chi connectivity index (χ3v) is 3.71. The summed E-state index contributed by atoms with van der Waals surface area (Å²) in [6.45, 7) is 5.74. The number of aromatic nitrogens is 3. The molecule has 20 heavy (non-hydrogen) atoms. The summed E-state index contributed by atoms with van der Waals surface area (Å²) >= 11 is 0. The van der Waals surface area contributed by atoms with Gasteiger partial charge in [0, 0.05) is 31.0 Å². The van der Waals surface area contributed by atoms with Crippen molar-refractivity contribution in [1.29, 1.82) is 0 Å². The van der Waals surface area contributed by atoms with Crippen LogP contribution in [-0.2, 0) is 25.9 Å². The molecule has 5 heteroatoms. The van der Waals surface area contributed by atoms with Crippen molar-refractivity contribution in [3.8, 4) is 0 Å². The molecule has 1 aliphatic rings. The predicted molar refractivity (Wildman–Crippen MR) is 76.4 cm³/mol. The number of aryl methyl sites for hydroxylation is 2. The first kappa shape index (κ1) is 13.4. The Morgan fingerprint density at radius 1 is 1.35 bits per heavy atom. The molecule has 0 aliphatic heterocycles. The molecule has 1 aliphatic carbocycles. The van der Waals surface area contributed by atoms with Crippen LogP contribution in [0.3, 0.4) is 0 Å². The van der Waals surface area contributed by atoms with Gasteiger partial charge in [-0.25, -0.2) is 9.67 Å². The third-order valence-electron chi connectivity index (χ3n) is 3.71. The van der Waals surface area contributed by atoms with Gasteiger partial charge in [0.2, 0.25) is 0 Å². The van der Waals surface area contributed by atoms with Gasteiger partial charge in [0.05, 0.1) is 6.26 Å². The van der Waals surface area contributed by atoms with E-state index in [0.717, 1.165) is 36.8 Å². The van der Waals surface area contributed by atoms with Crippen molar-refractivity contribution in [2.24, 2.45) is 0 Å². The summed E-state index contributed by atoms with van der Waals surface area (Å²) in [6.07, 6.45) is 6.13. The summed E-state index contributed by atoms with van der Waals surface area (Å²) in [4.78, 5) is 4.54. The maximum Gasteiger partial charge on any atom is 0.150 e. The highest BCUT2D eigenvalue weighted by Crippen LogP contribution is 2.20. The normalized spacial score (nSPS) is 14.9. The second kappa shape index (κ2) is 5.79. The molecule has 0 atom stereocenters. The molecule has 0 aromatic carbocycles. The second-order valence-corrected chi connectivity index (χ2v) is 5.33. The Kier molecular flexibility index (Phi) is 3.87. The highest BCUT2D eigenvalue weighted by atomic mass is 16.3. The Morgan fingerprint density at radius 3 is 2.90 bits per heavy atom. The fourth-order valence-corrected chi connectivity index (χ4v) is 2.31. The van der Waals surface area contributed by atoms with Gasteiger partial charge in [-0.05, 0) is 18.9 Å². The van der Waals surface area contributed by atoms with Gasteiger partial charge >= 0.3 is 0 Å². The van der Waals surface area contributed by atoms with E-state index >= 15 is 0 Å². The Bertz CT molecular complexity index is 568. The molecule has 2 heterocycles. The van der Waals surface area contributed by atoms with Crippen LogP contribution in [0, 0.1) is 0 Å². The highest BCUT2D eigenvalue weighted by molar-refractivity contribution is 5.18. The van der Waals surface area contributed by atoms with Crippen molar-refractivity contribution in [2.45, 2.75) is 58.7 Å². The van der Waals surface area contributed by atoms with Crippen LogP contribution in [0.25, 0.3) is 0 Å². The molecule has 0 spiro atoms. The van der Waals surface area contributed by atoms with Crippen LogP contribution < -0.4 is 5.32 Å². The zero-order valence-corrected chi connectivity index (χ0v) is 12.2. The fraction of sp³-hybridized carbons (Fsp3) is 0.600. The van der Waals surface area contributed by atoms with Crippen molar-refractivity contribution in [1.82, 2.24) is 20.1 Å². The molecule has 0 radical (unpaired) electrons. The van der Waals surface area contributed by atoms with Crippen LogP contribution >= 0.6 is 0 Å². The fourth-order valence-electron chi connectivity index (χ4n) is 2.31. The zero-order chi connectivity index (χ0) is 13.9. The van der Waals surface area contributed by atoms with E-state index in [2.05, 4.69) is 29.2 Å². The minimum atomic E-state index is 0.671. The van der Waals surface area contributed by atoms with Gasteiger partial charge in [-0.15, -0.1) is 0 Å². The number of hydrogen-bond donors (Lipinski definition) is 1. The van der Waals surface area contributed by atoms with Gasteiger partial charge in [0.15, 0.2) is 5.82 Å². The van der Waals surface area contributed by atoms with Gasteiger partial charge in [0.1, 0.15) is 18.1 Å². The lowest BCUT2D eigenvalue weighted by Crippen LogP contribution is -2.16. The SMILES string of the molecule is CCc1nc(CC)n(Cc2occc2CNC2CC2)n1. The Hall–Kier alpha value is -1.62. The van der Waals surface area contributed by atoms with Gasteiger partial charge in [-0.3, -0.25) is 0 Å². The lowest BCUT2D eigenvalue weighted by Gasteiger charge is -2.06.